The standard InChI is InChI=1S/C73H107N14O41P5S4/c1-12-40-41(21-48(118-40)82-23-34(2)58(74)76-68(82)93)124-130(101,134)114-29-43-42(22-49(119-43)83-25-36(4)60(89)78-70(83)95)125-131(102,135)116-32-46-51(55(110-18-14-106-9)65(122-46)86-27-38(6)62(91)80-72(86)97)126-129(99,100)113-31-45-52(56(111-19-15-107-10)66(121-45)84-24-35(3)59(75)77-69(84)94)127-133(104,137)117-33-47-53(57(112-20-16-108-11)67(123-47)87-28-39(7)63(92)81-73(87)98)128-132(103,136)115-30-44-50(88)54(109-17-13-105-8)64(120-44)85-26-37(5)61(90)79-71(85)96/h23-28,40-57,64-67,88H,12-22,29-33H2,1-11H3,(H,99,100)(H,101,134)(H,102,135)(H,103,136)(H,104,137)(H2,74,76,93)(H2,75,77,94)(H,78,89,95)(H,79,90,96)(H,80,91,97)(H,81,92,98)/p-5/t40-,41?,42?,43-,44-,45-,46-,47-,48-,49-,50?,51?,52?,53?,54+,55+,56+,57+,64-,65-,66-,67-,130?,131?,132?,133?/m1/s1. The second-order valence-electron chi connectivity index (χ2n) is 31.8. The van der Waals surface area contributed by atoms with Crippen molar-refractivity contribution in [2.75, 3.05) is 126 Å². The van der Waals surface area contributed by atoms with Crippen molar-refractivity contribution in [2.45, 2.75) is 203 Å². The van der Waals surface area contributed by atoms with E-state index in [9.17, 15) is 67.4 Å². The van der Waals surface area contributed by atoms with Gasteiger partial charge in [-0.05, 0) is 48.0 Å². The Morgan fingerprint density at radius 2 is 0.715 bits per heavy atom. The summed E-state index contributed by atoms with van der Waals surface area (Å²) in [6.07, 6.45) is -29.6. The molecule has 6 saturated heterocycles. The summed E-state index contributed by atoms with van der Waals surface area (Å²) in [5.41, 5.74) is 3.15. The minimum Gasteiger partial charge on any atom is -0.780 e. The summed E-state index contributed by atoms with van der Waals surface area (Å²) in [6.45, 7) is -17.5. The second kappa shape index (κ2) is 47.0. The van der Waals surface area contributed by atoms with E-state index in [1.807, 2.05) is 0 Å². The number of nitrogens with zero attached hydrogens (tertiary/aromatic N) is 8. The van der Waals surface area contributed by atoms with Crippen LogP contribution in [0.1, 0.15) is 96.9 Å². The number of methoxy groups -OCH3 is 4. The minimum absolute atomic E-state index is 0.00712. The molecule has 64 heteroatoms. The first kappa shape index (κ1) is 109. The fourth-order valence-corrected chi connectivity index (χ4v) is 22.1. The number of nitrogen functional groups attached to an aromatic ring is 2. The van der Waals surface area contributed by atoms with Gasteiger partial charge in [-0.15, -0.1) is 0 Å². The maximum atomic E-state index is 15.4. The van der Waals surface area contributed by atoms with E-state index < -0.39 is 279 Å². The number of nitrogens with two attached hydrogens (primary N) is 2. The molecule has 0 aromatic carbocycles. The van der Waals surface area contributed by atoms with Crippen LogP contribution in [0.15, 0.2) is 85.1 Å². The molecule has 6 fully saturated rings. The molecular formula is C73H102N14O41P5S4-5. The molecule has 0 radical (unpaired) electrons. The lowest BCUT2D eigenvalue weighted by atomic mass is 10.1. The number of aromatic nitrogens is 12. The Hall–Kier alpha value is -6.32. The Bertz CT molecular complexity index is 6170. The topological polar surface area (TPSA) is 709 Å². The van der Waals surface area contributed by atoms with Gasteiger partial charge in [0.05, 0.1) is 104 Å². The van der Waals surface area contributed by atoms with Crippen LogP contribution in [0.3, 0.4) is 0 Å². The SMILES string of the molecule is CC[C@H]1O[C@@H](n2cc(C)c(N)nc2=O)CC1OP([O-])(=S)OC[C@H]1O[C@@H](n2cc(C)c(=O)[nH]c2=O)CC1OP(=O)([S-])OC[C@H]1O[C@@H](n2cc(C)c(=O)[nH]c2=O)[C@@H](OCCOC)C1OP(=O)([O-])OC[C@H]1O[C@@H](n2cc(C)c(N)nc2=O)[C@@H](OCCOC)C1OP([O-])(=S)OC[C@H]1O[C@@H](n2cc(C)c(=O)[nH]c2=O)[C@@H](OCCOC)C1OP([O-])(=S)OC[C@H]1O[C@@H](n2cc(C)c(=O)[nH]c2=O)[C@@H](OCCOC)C1O. The number of H-pyrrole nitrogens is 4. The van der Waals surface area contributed by atoms with E-state index in [2.05, 4.69) is 29.9 Å². The lowest BCUT2D eigenvalue weighted by Crippen LogP contribution is -2.43. The molecule has 0 amide bonds. The van der Waals surface area contributed by atoms with Gasteiger partial charge < -0.3 is 160 Å². The van der Waals surface area contributed by atoms with Crippen molar-refractivity contribution >= 4 is 94.1 Å². The summed E-state index contributed by atoms with van der Waals surface area (Å²) in [7, 11) is -0.950. The first-order chi connectivity index (χ1) is 64.7. The molecule has 764 valence electrons. The fourth-order valence-electron chi connectivity index (χ4n) is 15.3. The first-order valence-corrected chi connectivity index (χ1v) is 53.6. The fraction of sp³-hybridized carbons (Fsp3) is 0.671. The molecule has 12 heterocycles. The Morgan fingerprint density at radius 3 is 1.15 bits per heavy atom. The Kier molecular flexibility index (Phi) is 37.6. The quantitative estimate of drug-likeness (QED) is 0.0108. The third kappa shape index (κ3) is 27.2. The van der Waals surface area contributed by atoms with Gasteiger partial charge in [0.25, 0.3) is 30.1 Å². The Balaban J connectivity index is 0.824. The molecule has 137 heavy (non-hydrogen) atoms. The first-order valence-electron chi connectivity index (χ1n) is 41.9. The number of hydrogen-bond acceptors (Lipinski definition) is 49. The zero-order valence-electron chi connectivity index (χ0n) is 74.9. The molecule has 55 nitrogen and oxygen atoms in total. The average Bonchev–Trinajstić information content (AvgIpc) is 1.64. The molecule has 6 aromatic rings. The lowest BCUT2D eigenvalue weighted by Gasteiger charge is -2.37. The molecular weight excluding hydrogens is 2010 g/mol. The van der Waals surface area contributed by atoms with E-state index in [0.29, 0.717) is 5.56 Å². The lowest BCUT2D eigenvalue weighted by molar-refractivity contribution is -0.238. The van der Waals surface area contributed by atoms with Crippen LogP contribution in [0.4, 0.5) is 11.6 Å². The third-order valence-corrected chi connectivity index (χ3v) is 29.4. The molecule has 0 saturated carbocycles. The molecule has 6 aliphatic heterocycles. The van der Waals surface area contributed by atoms with Crippen LogP contribution in [-0.4, -0.2) is 274 Å². The molecule has 12 rings (SSSR count). The van der Waals surface area contributed by atoms with Gasteiger partial charge in [0.15, 0.2) is 31.7 Å². The molecule has 11 unspecified atom stereocenters. The average molecular weight is 2110 g/mol. The van der Waals surface area contributed by atoms with Crippen molar-refractivity contribution in [3.05, 3.63) is 175 Å². The van der Waals surface area contributed by atoms with Crippen LogP contribution in [0.5, 0.6) is 0 Å². The highest BCUT2D eigenvalue weighted by Gasteiger charge is 2.55. The largest absolute Gasteiger partial charge is 0.780 e. The smallest absolute Gasteiger partial charge is 0.351 e. The normalized spacial score (nSPS) is 29.5. The van der Waals surface area contributed by atoms with Crippen molar-refractivity contribution in [1.82, 2.24) is 57.3 Å². The predicted molar refractivity (Wildman–Crippen MR) is 475 cm³/mol. The van der Waals surface area contributed by atoms with Gasteiger partial charge in [0.2, 0.25) is 0 Å². The molecule has 0 spiro atoms. The monoisotopic (exact) mass is 2110 g/mol. The van der Waals surface area contributed by atoms with Gasteiger partial charge in [-0.3, -0.25) is 75.6 Å². The van der Waals surface area contributed by atoms with Gasteiger partial charge in [-0.2, -0.15) is 9.97 Å². The number of aromatic amines is 4. The minimum atomic E-state index is -6.18. The van der Waals surface area contributed by atoms with Crippen LogP contribution < -0.4 is 87.4 Å². The number of aliphatic hydroxyl groups is 1. The summed E-state index contributed by atoms with van der Waals surface area (Å²) in [4.78, 5) is 208. The van der Waals surface area contributed by atoms with Gasteiger partial charge in [0.1, 0.15) is 124 Å². The number of hydrogen-bond donors (Lipinski definition) is 7. The number of nitrogens with one attached hydrogen (secondary N) is 4. The molecule has 27 atom stereocenters. The highest BCUT2D eigenvalue weighted by Crippen LogP contribution is 2.56. The summed E-state index contributed by atoms with van der Waals surface area (Å²) >= 11 is 22.0. The zero-order chi connectivity index (χ0) is 99.8. The van der Waals surface area contributed by atoms with Gasteiger partial charge in [-0.25, -0.2) is 28.8 Å². The summed E-state index contributed by atoms with van der Waals surface area (Å²) in [5, 5.41) is 11.7. The highest BCUT2D eigenvalue weighted by atomic mass is 32.7. The van der Waals surface area contributed by atoms with Crippen LogP contribution in [0.2, 0.25) is 0 Å². The van der Waals surface area contributed by atoms with Gasteiger partial charge in [0, 0.05) is 112 Å². The maximum absolute atomic E-state index is 15.4. The number of ether oxygens (including phenoxy) is 14. The number of anilines is 2. The predicted octanol–water partition coefficient (Wildman–Crippen LogP) is -4.34. The van der Waals surface area contributed by atoms with Crippen LogP contribution in [0, 0.1) is 41.5 Å². The number of aryl methyl sites for hydroxylation is 6. The third-order valence-electron chi connectivity index (χ3n) is 22.2. The van der Waals surface area contributed by atoms with E-state index in [4.69, 9.17) is 171 Å². The number of rotatable bonds is 48. The molecule has 0 aliphatic carbocycles. The van der Waals surface area contributed by atoms with Crippen molar-refractivity contribution in [2.24, 2.45) is 0 Å². The molecule has 6 aliphatic rings. The number of phosphoric ester groups is 1. The van der Waals surface area contributed by atoms with E-state index in [1.165, 1.54) is 80.0 Å². The van der Waals surface area contributed by atoms with Crippen molar-refractivity contribution in [3.63, 3.8) is 0 Å². The number of phosphoric acid groups is 1. The molecule has 9 N–H and O–H groups in total. The maximum Gasteiger partial charge on any atom is 0.351 e. The van der Waals surface area contributed by atoms with E-state index in [-0.39, 0.29) is 91.9 Å². The van der Waals surface area contributed by atoms with E-state index in [1.54, 1.807) is 13.8 Å². The highest BCUT2D eigenvalue weighted by molar-refractivity contribution is 8.32. The van der Waals surface area contributed by atoms with E-state index in [0.717, 1.165) is 47.6 Å². The van der Waals surface area contributed by atoms with Crippen LogP contribution >= 0.6 is 34.8 Å². The van der Waals surface area contributed by atoms with Gasteiger partial charge >= 0.3 is 34.1 Å². The van der Waals surface area contributed by atoms with Crippen LogP contribution in [0.25, 0.3) is 0 Å². The van der Waals surface area contributed by atoms with Crippen LogP contribution in [-0.2, 0) is 168 Å². The van der Waals surface area contributed by atoms with Crippen molar-refractivity contribution in [1.29, 1.82) is 0 Å². The zero-order valence-corrected chi connectivity index (χ0v) is 82.6. The summed E-state index contributed by atoms with van der Waals surface area (Å²) in [6, 6.07) is 0. The molecule has 0 bridgehead atoms. The van der Waals surface area contributed by atoms with Gasteiger partial charge in [-0.1, -0.05) is 42.3 Å². The van der Waals surface area contributed by atoms with Crippen molar-refractivity contribution in [3.8, 4) is 0 Å². The van der Waals surface area contributed by atoms with Crippen molar-refractivity contribution < 1.29 is 145 Å². The Labute approximate surface area is 796 Å². The summed E-state index contributed by atoms with van der Waals surface area (Å²) < 4.78 is 177. The second-order valence-corrected chi connectivity index (χ2v) is 44.0. The molecule has 6 aromatic heterocycles. The number of aliphatic hydroxyl groups excluding tert-OH is 1. The van der Waals surface area contributed by atoms with E-state index >= 15 is 14.4 Å². The Morgan fingerprint density at radius 1 is 0.401 bits per heavy atom. The summed E-state index contributed by atoms with van der Waals surface area (Å²) in [5.74, 6) is -0.273.